The molecule has 0 aliphatic carbocycles. The molecule has 0 spiro atoms. The summed E-state index contributed by atoms with van der Waals surface area (Å²) in [4.78, 5) is 16.1. The summed E-state index contributed by atoms with van der Waals surface area (Å²) in [6.45, 7) is 1.60. The van der Waals surface area contributed by atoms with Gasteiger partial charge < -0.3 is 10.6 Å². The minimum atomic E-state index is -0.00578. The molecule has 1 aromatic heterocycles. The van der Waals surface area contributed by atoms with E-state index in [1.165, 1.54) is 11.1 Å². The summed E-state index contributed by atoms with van der Waals surface area (Å²) in [5, 5.41) is 6.25. The molecule has 2 aromatic rings. The number of nitrogens with zero attached hydrogens (tertiary/aromatic N) is 1. The summed E-state index contributed by atoms with van der Waals surface area (Å²) >= 11 is 0. The molecule has 1 amide bonds. The van der Waals surface area contributed by atoms with E-state index >= 15 is 0 Å². The Morgan fingerprint density at radius 2 is 2.10 bits per heavy atom. The highest BCUT2D eigenvalue weighted by molar-refractivity contribution is 5.95. The fraction of sp³-hybridized carbons (Fsp3) is 0.250. The van der Waals surface area contributed by atoms with Crippen LogP contribution in [0.1, 0.15) is 21.5 Å². The third-order valence-electron chi connectivity index (χ3n) is 3.53. The van der Waals surface area contributed by atoms with E-state index in [1.807, 2.05) is 30.3 Å². The summed E-state index contributed by atoms with van der Waals surface area (Å²) < 4.78 is 0. The standard InChI is InChI=1S/C16H17N3O/c20-16(19-9-5-12-3-7-17-8-4-12)14-1-2-15-13(11-14)6-10-18-15/h1-4,7-8,11,18H,5-6,9-10H2,(H,19,20). The Bertz CT molecular complexity index is 610. The third-order valence-corrected chi connectivity index (χ3v) is 3.53. The Balaban J connectivity index is 1.57. The van der Waals surface area contributed by atoms with Gasteiger partial charge in [-0.15, -0.1) is 0 Å². The van der Waals surface area contributed by atoms with Crippen LogP contribution in [0.5, 0.6) is 0 Å². The zero-order valence-electron chi connectivity index (χ0n) is 11.2. The van der Waals surface area contributed by atoms with Crippen molar-refractivity contribution in [3.8, 4) is 0 Å². The molecule has 3 rings (SSSR count). The molecule has 0 saturated heterocycles. The molecule has 4 nitrogen and oxygen atoms in total. The molecular formula is C16H17N3O. The molecule has 1 aliphatic rings. The maximum Gasteiger partial charge on any atom is 0.251 e. The smallest absolute Gasteiger partial charge is 0.251 e. The quantitative estimate of drug-likeness (QED) is 0.891. The zero-order chi connectivity index (χ0) is 13.8. The number of rotatable bonds is 4. The van der Waals surface area contributed by atoms with E-state index in [2.05, 4.69) is 15.6 Å². The van der Waals surface area contributed by atoms with Gasteiger partial charge in [-0.1, -0.05) is 0 Å². The van der Waals surface area contributed by atoms with Crippen LogP contribution in [0.25, 0.3) is 0 Å². The molecule has 1 aliphatic heterocycles. The molecule has 4 heteroatoms. The van der Waals surface area contributed by atoms with Gasteiger partial charge in [-0.05, 0) is 54.3 Å². The van der Waals surface area contributed by atoms with Crippen molar-refractivity contribution in [1.29, 1.82) is 0 Å². The largest absolute Gasteiger partial charge is 0.384 e. The molecule has 0 saturated carbocycles. The Kier molecular flexibility index (Phi) is 3.63. The van der Waals surface area contributed by atoms with E-state index in [-0.39, 0.29) is 5.91 Å². The maximum atomic E-state index is 12.1. The lowest BCUT2D eigenvalue weighted by molar-refractivity contribution is 0.0954. The number of hydrogen-bond donors (Lipinski definition) is 2. The van der Waals surface area contributed by atoms with Crippen LogP contribution in [0.2, 0.25) is 0 Å². The lowest BCUT2D eigenvalue weighted by Gasteiger charge is -2.07. The maximum absolute atomic E-state index is 12.1. The normalized spacial score (nSPS) is 12.6. The van der Waals surface area contributed by atoms with Gasteiger partial charge in [0.15, 0.2) is 0 Å². The van der Waals surface area contributed by atoms with Crippen LogP contribution < -0.4 is 10.6 Å². The first-order chi connectivity index (χ1) is 9.83. The fourth-order valence-corrected chi connectivity index (χ4v) is 2.42. The summed E-state index contributed by atoms with van der Waals surface area (Å²) in [5.41, 5.74) is 4.30. The molecule has 0 fully saturated rings. The molecule has 0 unspecified atom stereocenters. The molecule has 0 bridgehead atoms. The monoisotopic (exact) mass is 267 g/mol. The summed E-state index contributed by atoms with van der Waals surface area (Å²) in [5.74, 6) is -0.00578. The minimum absolute atomic E-state index is 0.00578. The predicted molar refractivity (Wildman–Crippen MR) is 78.9 cm³/mol. The van der Waals surface area contributed by atoms with Gasteiger partial charge in [-0.3, -0.25) is 9.78 Å². The highest BCUT2D eigenvalue weighted by Gasteiger charge is 2.13. The van der Waals surface area contributed by atoms with E-state index in [9.17, 15) is 4.79 Å². The summed E-state index contributed by atoms with van der Waals surface area (Å²) in [6.07, 6.45) is 5.35. The van der Waals surface area contributed by atoms with Gasteiger partial charge in [-0.2, -0.15) is 0 Å². The number of carbonyl (C=O) groups excluding carboxylic acids is 1. The number of hydrogen-bond acceptors (Lipinski definition) is 3. The molecule has 2 heterocycles. The highest BCUT2D eigenvalue weighted by Crippen LogP contribution is 2.22. The second kappa shape index (κ2) is 5.74. The Hall–Kier alpha value is -2.36. The number of benzene rings is 1. The molecule has 0 atom stereocenters. The van der Waals surface area contributed by atoms with Gasteiger partial charge in [0, 0.05) is 36.7 Å². The number of fused-ring (bicyclic) bond motifs is 1. The molecular weight excluding hydrogens is 250 g/mol. The first kappa shape index (κ1) is 12.7. The topological polar surface area (TPSA) is 54.0 Å². The van der Waals surface area contributed by atoms with Crippen LogP contribution in [0.4, 0.5) is 5.69 Å². The van der Waals surface area contributed by atoms with E-state index in [4.69, 9.17) is 0 Å². The Labute approximate surface area is 118 Å². The molecule has 102 valence electrons. The number of anilines is 1. The van der Waals surface area contributed by atoms with Gasteiger partial charge in [0.05, 0.1) is 0 Å². The Morgan fingerprint density at radius 3 is 2.95 bits per heavy atom. The molecule has 1 aromatic carbocycles. The lowest BCUT2D eigenvalue weighted by Crippen LogP contribution is -2.25. The van der Waals surface area contributed by atoms with Crippen molar-refractivity contribution in [3.05, 3.63) is 59.4 Å². The number of pyridine rings is 1. The van der Waals surface area contributed by atoms with E-state index < -0.39 is 0 Å². The second-order valence-electron chi connectivity index (χ2n) is 4.91. The molecule has 2 N–H and O–H groups in total. The van der Waals surface area contributed by atoms with E-state index in [1.54, 1.807) is 12.4 Å². The molecule has 20 heavy (non-hydrogen) atoms. The van der Waals surface area contributed by atoms with Crippen molar-refractivity contribution >= 4 is 11.6 Å². The summed E-state index contributed by atoms with van der Waals surface area (Å²) in [6, 6.07) is 9.77. The Morgan fingerprint density at radius 1 is 1.25 bits per heavy atom. The SMILES string of the molecule is O=C(NCCc1ccncc1)c1ccc2c(c1)CCN2. The van der Waals surface area contributed by atoms with Crippen LogP contribution in [0, 0.1) is 0 Å². The molecule has 0 radical (unpaired) electrons. The van der Waals surface area contributed by atoms with Crippen molar-refractivity contribution in [1.82, 2.24) is 10.3 Å². The first-order valence-corrected chi connectivity index (χ1v) is 6.87. The average molecular weight is 267 g/mol. The average Bonchev–Trinajstić information content (AvgIpc) is 2.95. The minimum Gasteiger partial charge on any atom is -0.384 e. The van der Waals surface area contributed by atoms with Gasteiger partial charge in [0.25, 0.3) is 5.91 Å². The lowest BCUT2D eigenvalue weighted by atomic mass is 10.1. The van der Waals surface area contributed by atoms with E-state index in [0.717, 1.165) is 30.6 Å². The van der Waals surface area contributed by atoms with Crippen LogP contribution in [0.3, 0.4) is 0 Å². The number of aromatic nitrogens is 1. The summed E-state index contributed by atoms with van der Waals surface area (Å²) in [7, 11) is 0. The van der Waals surface area contributed by atoms with Crippen molar-refractivity contribution in [3.63, 3.8) is 0 Å². The van der Waals surface area contributed by atoms with E-state index in [0.29, 0.717) is 6.54 Å². The van der Waals surface area contributed by atoms with Crippen LogP contribution in [-0.2, 0) is 12.8 Å². The number of carbonyl (C=O) groups is 1. The van der Waals surface area contributed by atoms with Crippen molar-refractivity contribution < 1.29 is 4.79 Å². The second-order valence-corrected chi connectivity index (χ2v) is 4.91. The van der Waals surface area contributed by atoms with Crippen LogP contribution in [-0.4, -0.2) is 24.0 Å². The number of nitrogens with one attached hydrogen (secondary N) is 2. The third kappa shape index (κ3) is 2.79. The van der Waals surface area contributed by atoms with Crippen molar-refractivity contribution in [2.75, 3.05) is 18.4 Å². The van der Waals surface area contributed by atoms with Crippen LogP contribution >= 0.6 is 0 Å². The fourth-order valence-electron chi connectivity index (χ4n) is 2.42. The van der Waals surface area contributed by atoms with Gasteiger partial charge in [-0.25, -0.2) is 0 Å². The first-order valence-electron chi connectivity index (χ1n) is 6.87. The highest BCUT2D eigenvalue weighted by atomic mass is 16.1. The predicted octanol–water partition coefficient (Wildman–Crippen LogP) is 2.02. The van der Waals surface area contributed by atoms with Crippen molar-refractivity contribution in [2.45, 2.75) is 12.8 Å². The van der Waals surface area contributed by atoms with Gasteiger partial charge in [0.2, 0.25) is 0 Å². The number of amides is 1. The van der Waals surface area contributed by atoms with Crippen molar-refractivity contribution in [2.24, 2.45) is 0 Å². The van der Waals surface area contributed by atoms with Gasteiger partial charge >= 0.3 is 0 Å². The van der Waals surface area contributed by atoms with Gasteiger partial charge in [0.1, 0.15) is 0 Å². The zero-order valence-corrected chi connectivity index (χ0v) is 11.2. The van der Waals surface area contributed by atoms with Crippen LogP contribution in [0.15, 0.2) is 42.7 Å².